The monoisotopic (exact) mass is 955 g/mol. The van der Waals surface area contributed by atoms with Gasteiger partial charge in [0.1, 0.15) is 33.3 Å². The van der Waals surface area contributed by atoms with Gasteiger partial charge < -0.3 is 10.6 Å². The Kier molecular flexibility index (Phi) is 12.0. The molecule has 0 saturated carbocycles. The van der Waals surface area contributed by atoms with Gasteiger partial charge in [-0.2, -0.15) is 35.8 Å². The van der Waals surface area contributed by atoms with Crippen LogP contribution >= 0.6 is 11.3 Å². The zero-order valence-electron chi connectivity index (χ0n) is 33.7. The van der Waals surface area contributed by atoms with Crippen LogP contribution in [0.2, 0.25) is 0 Å². The number of hydrogen-bond acceptors (Lipinski definition) is 16. The molecule has 0 radical (unpaired) electrons. The third kappa shape index (κ3) is 9.37. The summed E-state index contributed by atoms with van der Waals surface area (Å²) in [5.41, 5.74) is 1.75. The minimum atomic E-state index is -4.68. The van der Waals surface area contributed by atoms with E-state index in [0.29, 0.717) is 16.5 Å². The van der Waals surface area contributed by atoms with Gasteiger partial charge in [-0.25, -0.2) is 4.98 Å². The van der Waals surface area contributed by atoms with Gasteiger partial charge in [0, 0.05) is 27.9 Å². The molecule has 66 heavy (non-hydrogen) atoms. The van der Waals surface area contributed by atoms with Crippen molar-refractivity contribution in [3.8, 4) is 23.3 Å². The molecule has 18 nitrogen and oxygen atoms in total. The van der Waals surface area contributed by atoms with Crippen LogP contribution in [0.15, 0.2) is 163 Å². The predicted molar refractivity (Wildman–Crippen MR) is 247 cm³/mol. The summed E-state index contributed by atoms with van der Waals surface area (Å²) < 4.78 is 101. The fourth-order valence-corrected chi connectivity index (χ4v) is 9.43. The normalized spacial score (nSPS) is 12.2. The molecule has 0 saturated heterocycles. The van der Waals surface area contributed by atoms with E-state index in [9.17, 15) is 49.4 Å². The lowest BCUT2D eigenvalue weighted by atomic mass is 10.00. The molecule has 0 unspecified atom stereocenters. The molecule has 6 aromatic carbocycles. The van der Waals surface area contributed by atoms with Crippen molar-refractivity contribution >= 4 is 108 Å². The van der Waals surface area contributed by atoms with Gasteiger partial charge in [-0.05, 0) is 95.4 Å². The Morgan fingerprint density at radius 3 is 1.73 bits per heavy atom. The lowest BCUT2D eigenvalue weighted by Crippen LogP contribution is -2.05. The first-order chi connectivity index (χ1) is 31.4. The molecular formula is C44H29N9O9S4. The van der Waals surface area contributed by atoms with E-state index in [1.807, 2.05) is 36.4 Å². The highest BCUT2D eigenvalue weighted by atomic mass is 32.2. The number of hydrogen-bond donors (Lipinski definition) is 5. The zero-order valence-corrected chi connectivity index (χ0v) is 36.9. The van der Waals surface area contributed by atoms with Gasteiger partial charge in [-0.3, -0.25) is 13.7 Å². The number of azo groups is 2. The van der Waals surface area contributed by atoms with Crippen molar-refractivity contribution < 1.29 is 38.9 Å². The standard InChI is InChI=1S/C44H29N9O9S4/c1-25-36(23-45)41(47-30-12-16-33(17-13-30)64(54,55)56)49-42(48-31-14-18-34(19-15-31)65(57,58)59)40(25)51-52-43-37(24-46)39(29-11-10-26-6-2-3-7-27(26)20-29)44(63-43)53-50-32-21-28-8-4-5-9-35(28)38(22-32)66(60,61)62/h2-22H,1H3,(H2,47,48,49)(H,54,55,56)(H,57,58,59)(H,60,61,62)/b52-51+,53-50+. The summed E-state index contributed by atoms with van der Waals surface area (Å²) in [6.45, 7) is 1.55. The van der Waals surface area contributed by atoms with Crippen LogP contribution in [0.3, 0.4) is 0 Å². The smallest absolute Gasteiger partial charge is 0.295 e. The second-order valence-corrected chi connectivity index (χ2v) is 19.4. The van der Waals surface area contributed by atoms with Crippen LogP contribution in [0.5, 0.6) is 0 Å². The number of aromatic nitrogens is 1. The van der Waals surface area contributed by atoms with Crippen molar-refractivity contribution in [2.45, 2.75) is 21.6 Å². The number of thiophene rings is 1. The molecule has 0 amide bonds. The molecule has 2 heterocycles. The summed E-state index contributed by atoms with van der Waals surface area (Å²) in [5, 5.41) is 47.7. The van der Waals surface area contributed by atoms with E-state index in [1.165, 1.54) is 30.3 Å². The second kappa shape index (κ2) is 17.6. The summed E-state index contributed by atoms with van der Waals surface area (Å²) in [4.78, 5) is 3.48. The maximum Gasteiger partial charge on any atom is 0.295 e. The van der Waals surface area contributed by atoms with E-state index in [4.69, 9.17) is 0 Å². The van der Waals surface area contributed by atoms with Gasteiger partial charge >= 0.3 is 0 Å². The van der Waals surface area contributed by atoms with Gasteiger partial charge in [-0.15, -0.1) is 20.5 Å². The molecule has 0 aliphatic heterocycles. The lowest BCUT2D eigenvalue weighted by Gasteiger charge is -2.16. The first kappa shape index (κ1) is 44.8. The molecule has 8 rings (SSSR count). The van der Waals surface area contributed by atoms with Crippen LogP contribution in [-0.4, -0.2) is 43.9 Å². The van der Waals surface area contributed by atoms with Crippen LogP contribution in [0.25, 0.3) is 32.7 Å². The third-order valence-corrected chi connectivity index (χ3v) is 13.5. The highest BCUT2D eigenvalue weighted by Gasteiger charge is 2.24. The topological polar surface area (TPSA) is 297 Å². The minimum absolute atomic E-state index is 0.000643. The fourth-order valence-electron chi connectivity index (χ4n) is 6.82. The first-order valence-electron chi connectivity index (χ1n) is 18.9. The van der Waals surface area contributed by atoms with E-state index in [0.717, 1.165) is 46.4 Å². The average Bonchev–Trinajstić information content (AvgIpc) is 3.64. The maximum absolute atomic E-state index is 12.4. The van der Waals surface area contributed by atoms with Crippen LogP contribution in [0, 0.1) is 29.6 Å². The van der Waals surface area contributed by atoms with Crippen LogP contribution in [0.4, 0.5) is 44.4 Å². The number of nitriles is 2. The average molecular weight is 956 g/mol. The van der Waals surface area contributed by atoms with Crippen molar-refractivity contribution in [1.82, 2.24) is 4.98 Å². The quantitative estimate of drug-likeness (QED) is 0.0562. The predicted octanol–water partition coefficient (Wildman–Crippen LogP) is 11.2. The van der Waals surface area contributed by atoms with Gasteiger partial charge in [0.25, 0.3) is 30.4 Å². The molecular weight excluding hydrogens is 927 g/mol. The number of nitrogens with zero attached hydrogens (tertiary/aromatic N) is 7. The third-order valence-electron chi connectivity index (χ3n) is 9.96. The summed E-state index contributed by atoms with van der Waals surface area (Å²) in [7, 11) is -13.7. The van der Waals surface area contributed by atoms with Gasteiger partial charge in [-0.1, -0.05) is 72.0 Å². The lowest BCUT2D eigenvalue weighted by molar-refractivity contribution is 0.481. The fraction of sp³-hybridized carbons (Fsp3) is 0.0227. The maximum atomic E-state index is 12.4. The number of pyridine rings is 1. The van der Waals surface area contributed by atoms with Crippen molar-refractivity contribution in [1.29, 1.82) is 10.5 Å². The largest absolute Gasteiger partial charge is 0.339 e. The van der Waals surface area contributed by atoms with Crippen molar-refractivity contribution in [3.63, 3.8) is 0 Å². The molecule has 0 bridgehead atoms. The Labute approximate surface area is 380 Å². The molecule has 5 N–H and O–H groups in total. The molecule has 8 aromatic rings. The van der Waals surface area contributed by atoms with E-state index in [2.05, 4.69) is 48.2 Å². The Hall–Kier alpha value is -7.80. The van der Waals surface area contributed by atoms with Crippen molar-refractivity contribution in [2.75, 3.05) is 10.6 Å². The number of benzene rings is 6. The highest BCUT2D eigenvalue weighted by molar-refractivity contribution is 7.86. The van der Waals surface area contributed by atoms with Gasteiger partial charge in [0.05, 0.1) is 21.0 Å². The minimum Gasteiger partial charge on any atom is -0.339 e. The molecule has 0 atom stereocenters. The summed E-state index contributed by atoms with van der Waals surface area (Å²) in [6.07, 6.45) is 0. The SMILES string of the molecule is Cc1c(C#N)c(Nc2ccc(S(=O)(=O)O)cc2)nc(Nc2ccc(S(=O)(=O)O)cc2)c1/N=N/c1sc(/N=N/c2cc(S(=O)(=O)O)c3ccccc3c2)c(-c2ccc3ccccc3c2)c1C#N. The van der Waals surface area contributed by atoms with Crippen LogP contribution in [0.1, 0.15) is 16.7 Å². The number of rotatable bonds is 12. The zero-order chi connectivity index (χ0) is 47.0. The van der Waals surface area contributed by atoms with Crippen molar-refractivity contribution in [3.05, 3.63) is 144 Å². The van der Waals surface area contributed by atoms with E-state index >= 15 is 0 Å². The Balaban J connectivity index is 1.28. The Morgan fingerprint density at radius 2 is 1.14 bits per heavy atom. The summed E-state index contributed by atoms with van der Waals surface area (Å²) in [6, 6.07) is 36.6. The van der Waals surface area contributed by atoms with Crippen LogP contribution in [-0.2, 0) is 30.4 Å². The second-order valence-electron chi connectivity index (χ2n) is 14.2. The van der Waals surface area contributed by atoms with Gasteiger partial charge in [0.15, 0.2) is 16.6 Å². The Bertz CT molecular complexity index is 3770. The number of fused-ring (bicyclic) bond motifs is 2. The molecule has 2 aromatic heterocycles. The molecule has 22 heteroatoms. The molecule has 328 valence electrons. The number of nitrogens with one attached hydrogen (secondary N) is 2. The summed E-state index contributed by atoms with van der Waals surface area (Å²) >= 11 is 0.930. The molecule has 0 aliphatic rings. The van der Waals surface area contributed by atoms with Crippen LogP contribution < -0.4 is 10.6 Å². The van der Waals surface area contributed by atoms with E-state index in [-0.39, 0.29) is 81.2 Å². The molecule has 0 aliphatic carbocycles. The molecule has 0 fully saturated rings. The van der Waals surface area contributed by atoms with E-state index < -0.39 is 30.4 Å². The number of anilines is 4. The van der Waals surface area contributed by atoms with E-state index in [1.54, 1.807) is 43.3 Å². The first-order valence-corrected chi connectivity index (χ1v) is 24.1. The van der Waals surface area contributed by atoms with Crippen molar-refractivity contribution in [2.24, 2.45) is 20.5 Å². The van der Waals surface area contributed by atoms with Gasteiger partial charge in [0.2, 0.25) is 0 Å². The Morgan fingerprint density at radius 1 is 0.576 bits per heavy atom. The highest BCUT2D eigenvalue weighted by Crippen LogP contribution is 2.49. The molecule has 0 spiro atoms. The summed E-state index contributed by atoms with van der Waals surface area (Å²) in [5.74, 6) is -0.0471.